The minimum absolute atomic E-state index is 0.185. The Bertz CT molecular complexity index is 550. The van der Waals surface area contributed by atoms with Gasteiger partial charge in [-0.2, -0.15) is 0 Å². The topological polar surface area (TPSA) is 64.5 Å². The van der Waals surface area contributed by atoms with Crippen LogP contribution >= 0.6 is 0 Å². The number of ether oxygens (including phenoxy) is 1. The number of rotatable bonds is 4. The Morgan fingerprint density at radius 2 is 1.75 bits per heavy atom. The van der Waals surface area contributed by atoms with Crippen LogP contribution in [0, 0.1) is 5.82 Å². The monoisotopic (exact) mass is 335 g/mol. The predicted octanol–water partition coefficient (Wildman–Crippen LogP) is 3.52. The van der Waals surface area contributed by atoms with Crippen LogP contribution in [0.4, 0.5) is 15.8 Å². The molecule has 2 fully saturated rings. The lowest BCUT2D eigenvalue weighted by Crippen LogP contribution is -2.43. The van der Waals surface area contributed by atoms with Crippen LogP contribution in [-0.2, 0) is 4.74 Å². The van der Waals surface area contributed by atoms with Crippen LogP contribution in [0.15, 0.2) is 12.1 Å². The van der Waals surface area contributed by atoms with E-state index in [0.717, 1.165) is 45.4 Å². The van der Waals surface area contributed by atoms with Crippen LogP contribution in [0.5, 0.6) is 0 Å². The first-order valence-electron chi connectivity index (χ1n) is 9.29. The molecule has 24 heavy (non-hydrogen) atoms. The standard InChI is InChI=1S/C19H30FN3O/c1-2-24-15-5-3-14(4-6-15)23-11-9-13(10-12-23)18-16(20)7-8-17(21)19(18)22/h7-8,13-15H,2-6,9-12,21-22H2,1H3. The molecule has 0 unspecified atom stereocenters. The maximum atomic E-state index is 14.2. The average molecular weight is 335 g/mol. The molecule has 5 heteroatoms. The van der Waals surface area contributed by atoms with Crippen molar-refractivity contribution in [2.45, 2.75) is 63.5 Å². The highest BCUT2D eigenvalue weighted by Crippen LogP contribution is 2.37. The van der Waals surface area contributed by atoms with E-state index >= 15 is 0 Å². The summed E-state index contributed by atoms with van der Waals surface area (Å²) < 4.78 is 20.0. The lowest BCUT2D eigenvalue weighted by molar-refractivity contribution is 0.00941. The highest BCUT2D eigenvalue weighted by atomic mass is 19.1. The molecule has 1 saturated carbocycles. The van der Waals surface area contributed by atoms with Crippen LogP contribution < -0.4 is 11.5 Å². The summed E-state index contributed by atoms with van der Waals surface area (Å²) in [6.07, 6.45) is 7.11. The molecule has 3 rings (SSSR count). The van der Waals surface area contributed by atoms with Gasteiger partial charge in [-0.1, -0.05) is 0 Å². The number of likely N-dealkylation sites (tertiary alicyclic amines) is 1. The highest BCUT2D eigenvalue weighted by molar-refractivity contribution is 5.68. The Balaban J connectivity index is 1.56. The molecule has 1 saturated heterocycles. The number of nitrogens with two attached hydrogens (primary N) is 2. The van der Waals surface area contributed by atoms with Gasteiger partial charge in [0.2, 0.25) is 0 Å². The number of nitrogens with zero attached hydrogens (tertiary/aromatic N) is 1. The van der Waals surface area contributed by atoms with Crippen molar-refractivity contribution in [3.05, 3.63) is 23.5 Å². The number of hydrogen-bond donors (Lipinski definition) is 2. The van der Waals surface area contributed by atoms with Gasteiger partial charge in [-0.05, 0) is 76.6 Å². The summed E-state index contributed by atoms with van der Waals surface area (Å²) in [4.78, 5) is 2.58. The average Bonchev–Trinajstić information content (AvgIpc) is 2.60. The van der Waals surface area contributed by atoms with Gasteiger partial charge in [0, 0.05) is 18.2 Å². The molecule has 0 radical (unpaired) electrons. The molecule has 1 aliphatic carbocycles. The third-order valence-corrected chi connectivity index (χ3v) is 5.77. The van der Waals surface area contributed by atoms with E-state index < -0.39 is 0 Å². The molecule has 134 valence electrons. The molecular formula is C19H30FN3O. The van der Waals surface area contributed by atoms with E-state index in [4.69, 9.17) is 16.2 Å². The summed E-state index contributed by atoms with van der Waals surface area (Å²) in [5.41, 5.74) is 13.5. The molecule has 1 aromatic rings. The van der Waals surface area contributed by atoms with Gasteiger partial charge in [-0.3, -0.25) is 0 Å². The largest absolute Gasteiger partial charge is 0.397 e. The Kier molecular flexibility index (Phi) is 5.61. The van der Waals surface area contributed by atoms with E-state index in [1.165, 1.54) is 18.9 Å². The van der Waals surface area contributed by atoms with Gasteiger partial charge in [-0.15, -0.1) is 0 Å². The number of benzene rings is 1. The van der Waals surface area contributed by atoms with Gasteiger partial charge in [0.25, 0.3) is 0 Å². The lowest BCUT2D eigenvalue weighted by Gasteiger charge is -2.41. The smallest absolute Gasteiger partial charge is 0.128 e. The molecule has 0 aromatic heterocycles. The van der Waals surface area contributed by atoms with Crippen molar-refractivity contribution < 1.29 is 9.13 Å². The van der Waals surface area contributed by atoms with Crippen molar-refractivity contribution in [1.29, 1.82) is 0 Å². The van der Waals surface area contributed by atoms with Crippen molar-refractivity contribution in [3.63, 3.8) is 0 Å². The first kappa shape index (κ1) is 17.5. The number of anilines is 2. The number of piperidine rings is 1. The summed E-state index contributed by atoms with van der Waals surface area (Å²) in [5, 5.41) is 0. The second-order valence-electron chi connectivity index (χ2n) is 7.16. The second kappa shape index (κ2) is 7.70. The minimum Gasteiger partial charge on any atom is -0.397 e. The van der Waals surface area contributed by atoms with Crippen molar-refractivity contribution >= 4 is 11.4 Å². The fraction of sp³-hybridized carbons (Fsp3) is 0.684. The molecule has 1 aromatic carbocycles. The third kappa shape index (κ3) is 3.67. The predicted molar refractivity (Wildman–Crippen MR) is 96.4 cm³/mol. The Morgan fingerprint density at radius 1 is 1.08 bits per heavy atom. The number of nitrogen functional groups attached to an aromatic ring is 2. The van der Waals surface area contributed by atoms with E-state index in [-0.39, 0.29) is 11.7 Å². The van der Waals surface area contributed by atoms with Gasteiger partial charge >= 0.3 is 0 Å². The van der Waals surface area contributed by atoms with Crippen LogP contribution in [-0.4, -0.2) is 36.7 Å². The molecular weight excluding hydrogens is 305 g/mol. The Morgan fingerprint density at radius 3 is 2.38 bits per heavy atom. The lowest BCUT2D eigenvalue weighted by atomic mass is 9.85. The van der Waals surface area contributed by atoms with Crippen LogP contribution in [0.3, 0.4) is 0 Å². The molecule has 4 N–H and O–H groups in total. The molecule has 1 heterocycles. The Hall–Kier alpha value is -1.33. The van der Waals surface area contributed by atoms with E-state index in [9.17, 15) is 4.39 Å². The van der Waals surface area contributed by atoms with E-state index in [1.54, 1.807) is 6.07 Å². The van der Waals surface area contributed by atoms with Gasteiger partial charge in [0.1, 0.15) is 5.82 Å². The summed E-state index contributed by atoms with van der Waals surface area (Å²) in [6, 6.07) is 3.66. The highest BCUT2D eigenvalue weighted by Gasteiger charge is 2.31. The summed E-state index contributed by atoms with van der Waals surface area (Å²) in [5.74, 6) is -0.0260. The van der Waals surface area contributed by atoms with Gasteiger partial charge in [-0.25, -0.2) is 4.39 Å². The molecule has 4 nitrogen and oxygen atoms in total. The summed E-state index contributed by atoms with van der Waals surface area (Å²) >= 11 is 0. The van der Waals surface area contributed by atoms with Crippen molar-refractivity contribution in [1.82, 2.24) is 4.90 Å². The molecule has 0 spiro atoms. The fourth-order valence-corrected chi connectivity index (χ4v) is 4.41. The van der Waals surface area contributed by atoms with Crippen LogP contribution in [0.2, 0.25) is 0 Å². The van der Waals surface area contributed by atoms with Crippen molar-refractivity contribution in [2.75, 3.05) is 31.2 Å². The normalized spacial score (nSPS) is 26.6. The number of halogens is 1. The Labute approximate surface area is 144 Å². The SMILES string of the molecule is CCOC1CCC(N2CCC(c3c(F)ccc(N)c3N)CC2)CC1. The minimum atomic E-state index is -0.211. The zero-order chi connectivity index (χ0) is 17.1. The third-order valence-electron chi connectivity index (χ3n) is 5.77. The fourth-order valence-electron chi connectivity index (χ4n) is 4.41. The van der Waals surface area contributed by atoms with Gasteiger partial charge < -0.3 is 21.1 Å². The molecule has 0 amide bonds. The first-order chi connectivity index (χ1) is 11.6. The quantitative estimate of drug-likeness (QED) is 0.826. The molecule has 0 atom stereocenters. The van der Waals surface area contributed by atoms with Gasteiger partial charge in [0.15, 0.2) is 0 Å². The summed E-state index contributed by atoms with van der Waals surface area (Å²) in [7, 11) is 0. The van der Waals surface area contributed by atoms with Crippen LogP contribution in [0.25, 0.3) is 0 Å². The summed E-state index contributed by atoms with van der Waals surface area (Å²) in [6.45, 7) is 4.91. The maximum Gasteiger partial charge on any atom is 0.128 e. The number of hydrogen-bond acceptors (Lipinski definition) is 4. The van der Waals surface area contributed by atoms with Crippen molar-refractivity contribution in [3.8, 4) is 0 Å². The molecule has 0 bridgehead atoms. The molecule has 2 aliphatic rings. The van der Waals surface area contributed by atoms with E-state index in [0.29, 0.717) is 29.1 Å². The van der Waals surface area contributed by atoms with E-state index in [2.05, 4.69) is 11.8 Å². The van der Waals surface area contributed by atoms with E-state index in [1.807, 2.05) is 0 Å². The van der Waals surface area contributed by atoms with Crippen molar-refractivity contribution in [2.24, 2.45) is 0 Å². The first-order valence-corrected chi connectivity index (χ1v) is 9.29. The maximum absolute atomic E-state index is 14.2. The van der Waals surface area contributed by atoms with Crippen LogP contribution in [0.1, 0.15) is 56.9 Å². The zero-order valence-corrected chi connectivity index (χ0v) is 14.6. The molecule has 1 aliphatic heterocycles. The zero-order valence-electron chi connectivity index (χ0n) is 14.6. The second-order valence-corrected chi connectivity index (χ2v) is 7.16. The van der Waals surface area contributed by atoms with Gasteiger partial charge in [0.05, 0.1) is 17.5 Å².